The molecule has 2 N–H and O–H groups in total. The van der Waals surface area contributed by atoms with Gasteiger partial charge in [0, 0.05) is 25.1 Å². The van der Waals surface area contributed by atoms with Crippen LogP contribution in [0.5, 0.6) is 0 Å². The van der Waals surface area contributed by atoms with Gasteiger partial charge in [0.25, 0.3) is 11.8 Å². The molecule has 1 aliphatic heterocycles. The molecule has 3 rings (SSSR count). The number of hydrazine groups is 1. The summed E-state index contributed by atoms with van der Waals surface area (Å²) in [5.41, 5.74) is 4.89. The van der Waals surface area contributed by atoms with Gasteiger partial charge in [0.1, 0.15) is 23.2 Å². The molecule has 0 atom stereocenters. The van der Waals surface area contributed by atoms with Crippen LogP contribution in [0.1, 0.15) is 45.1 Å². The van der Waals surface area contributed by atoms with E-state index in [-0.39, 0.29) is 24.6 Å². The molecule has 7 nitrogen and oxygen atoms in total. The van der Waals surface area contributed by atoms with Gasteiger partial charge in [-0.2, -0.15) is 0 Å². The number of furan rings is 1. The molecule has 1 saturated heterocycles. The lowest BCUT2D eigenvalue weighted by Crippen LogP contribution is -2.48. The summed E-state index contributed by atoms with van der Waals surface area (Å²) in [5, 5.41) is 0. The van der Waals surface area contributed by atoms with Crippen LogP contribution < -0.4 is 10.9 Å². The molecule has 1 fully saturated rings. The monoisotopic (exact) mass is 405 g/mol. The van der Waals surface area contributed by atoms with Crippen LogP contribution in [0.4, 0.5) is 8.78 Å². The van der Waals surface area contributed by atoms with E-state index in [2.05, 4.69) is 10.9 Å². The van der Waals surface area contributed by atoms with Crippen molar-refractivity contribution >= 4 is 17.7 Å². The number of amides is 3. The third-order valence-electron chi connectivity index (χ3n) is 4.90. The lowest BCUT2D eigenvalue weighted by molar-refractivity contribution is -0.127. The van der Waals surface area contributed by atoms with Gasteiger partial charge in [-0.25, -0.2) is 8.78 Å². The Kier molecular flexibility index (Phi) is 5.95. The quantitative estimate of drug-likeness (QED) is 0.768. The Morgan fingerprint density at radius 2 is 1.72 bits per heavy atom. The molecule has 2 heterocycles. The topological polar surface area (TPSA) is 91.7 Å². The van der Waals surface area contributed by atoms with E-state index in [0.717, 1.165) is 12.1 Å². The van der Waals surface area contributed by atoms with Crippen LogP contribution in [0, 0.1) is 31.4 Å². The summed E-state index contributed by atoms with van der Waals surface area (Å²) >= 11 is 0. The zero-order valence-corrected chi connectivity index (χ0v) is 16.1. The number of nitrogens with one attached hydrogen (secondary N) is 2. The van der Waals surface area contributed by atoms with E-state index in [1.54, 1.807) is 19.9 Å². The van der Waals surface area contributed by atoms with Gasteiger partial charge in [0.05, 0.1) is 11.1 Å². The van der Waals surface area contributed by atoms with Gasteiger partial charge in [-0.1, -0.05) is 0 Å². The fourth-order valence-electron chi connectivity index (χ4n) is 3.32. The van der Waals surface area contributed by atoms with E-state index in [9.17, 15) is 23.2 Å². The summed E-state index contributed by atoms with van der Waals surface area (Å²) < 4.78 is 32.1. The molecule has 3 amide bonds. The number of hydrogen-bond acceptors (Lipinski definition) is 4. The van der Waals surface area contributed by atoms with Crippen molar-refractivity contribution in [2.45, 2.75) is 26.7 Å². The van der Waals surface area contributed by atoms with Crippen molar-refractivity contribution in [3.8, 4) is 0 Å². The second-order valence-corrected chi connectivity index (χ2v) is 6.96. The molecule has 1 aromatic carbocycles. The van der Waals surface area contributed by atoms with Gasteiger partial charge in [-0.05, 0) is 44.9 Å². The zero-order chi connectivity index (χ0) is 21.1. The molecule has 29 heavy (non-hydrogen) atoms. The van der Waals surface area contributed by atoms with Gasteiger partial charge < -0.3 is 9.32 Å². The van der Waals surface area contributed by atoms with Crippen molar-refractivity contribution in [2.24, 2.45) is 5.92 Å². The highest BCUT2D eigenvalue weighted by molar-refractivity contribution is 5.97. The molecule has 0 spiro atoms. The Morgan fingerprint density at radius 1 is 1.03 bits per heavy atom. The molecule has 2 aromatic rings. The first kappa shape index (κ1) is 20.5. The third-order valence-corrected chi connectivity index (χ3v) is 4.90. The van der Waals surface area contributed by atoms with Crippen LogP contribution in [-0.2, 0) is 4.79 Å². The van der Waals surface area contributed by atoms with Crippen LogP contribution in [0.2, 0.25) is 0 Å². The highest BCUT2D eigenvalue weighted by Crippen LogP contribution is 2.21. The van der Waals surface area contributed by atoms with Gasteiger partial charge in [0.2, 0.25) is 5.91 Å². The summed E-state index contributed by atoms with van der Waals surface area (Å²) in [7, 11) is 0. The molecule has 0 saturated carbocycles. The van der Waals surface area contributed by atoms with Crippen LogP contribution in [0.3, 0.4) is 0 Å². The van der Waals surface area contributed by atoms with Crippen molar-refractivity contribution in [2.75, 3.05) is 13.1 Å². The SMILES string of the molecule is Cc1cc(C(=O)NNC(=O)C2CCN(C(=O)c3ccc(F)cc3F)CC2)c(C)o1. The number of likely N-dealkylation sites (tertiary alicyclic amines) is 1. The molecular weight excluding hydrogens is 384 g/mol. The molecule has 0 aliphatic carbocycles. The van der Waals surface area contributed by atoms with Crippen molar-refractivity contribution in [1.82, 2.24) is 15.8 Å². The molecular formula is C20H21F2N3O4. The molecule has 0 unspecified atom stereocenters. The number of carbonyl (C=O) groups excluding carboxylic acids is 3. The summed E-state index contributed by atoms with van der Waals surface area (Å²) in [6.07, 6.45) is 0.722. The van der Waals surface area contributed by atoms with Crippen LogP contribution >= 0.6 is 0 Å². The maximum absolute atomic E-state index is 13.8. The number of carbonyl (C=O) groups is 3. The van der Waals surface area contributed by atoms with Crippen molar-refractivity contribution in [3.05, 3.63) is 58.5 Å². The number of aryl methyl sites for hydroxylation is 2. The molecule has 1 aromatic heterocycles. The van der Waals surface area contributed by atoms with Crippen LogP contribution in [-0.4, -0.2) is 35.7 Å². The first-order chi connectivity index (χ1) is 13.8. The lowest BCUT2D eigenvalue weighted by atomic mass is 9.95. The highest BCUT2D eigenvalue weighted by Gasteiger charge is 2.29. The largest absolute Gasteiger partial charge is 0.466 e. The molecule has 154 valence electrons. The Morgan fingerprint density at radius 3 is 2.31 bits per heavy atom. The minimum absolute atomic E-state index is 0.202. The number of nitrogens with zero attached hydrogens (tertiary/aromatic N) is 1. The Hall–Kier alpha value is -3.23. The fourth-order valence-corrected chi connectivity index (χ4v) is 3.32. The van der Waals surface area contributed by atoms with E-state index in [4.69, 9.17) is 4.42 Å². The van der Waals surface area contributed by atoms with Gasteiger partial charge >= 0.3 is 0 Å². The summed E-state index contributed by atoms with van der Waals surface area (Å²) in [6.45, 7) is 3.87. The Balaban J connectivity index is 1.51. The lowest BCUT2D eigenvalue weighted by Gasteiger charge is -2.31. The van der Waals surface area contributed by atoms with Gasteiger partial charge in [0.15, 0.2) is 0 Å². The van der Waals surface area contributed by atoms with Gasteiger partial charge in [-0.3, -0.25) is 25.2 Å². The Bertz CT molecular complexity index is 949. The van der Waals surface area contributed by atoms with Crippen molar-refractivity contribution in [1.29, 1.82) is 0 Å². The van der Waals surface area contributed by atoms with Crippen LogP contribution in [0.25, 0.3) is 0 Å². The van der Waals surface area contributed by atoms with E-state index >= 15 is 0 Å². The molecule has 1 aliphatic rings. The number of halogens is 2. The normalized spacial score (nSPS) is 14.6. The van der Waals surface area contributed by atoms with E-state index < -0.39 is 29.4 Å². The summed E-state index contributed by atoms with van der Waals surface area (Å²) in [5.74, 6) is -2.41. The van der Waals surface area contributed by atoms with E-state index in [0.29, 0.717) is 36.0 Å². The molecule has 0 bridgehead atoms. The van der Waals surface area contributed by atoms with Gasteiger partial charge in [-0.15, -0.1) is 0 Å². The first-order valence-corrected chi connectivity index (χ1v) is 9.18. The second kappa shape index (κ2) is 8.42. The van der Waals surface area contributed by atoms with Crippen LogP contribution in [0.15, 0.2) is 28.7 Å². The van der Waals surface area contributed by atoms with Crippen molar-refractivity contribution in [3.63, 3.8) is 0 Å². The van der Waals surface area contributed by atoms with E-state index in [1.165, 1.54) is 4.90 Å². The standard InChI is InChI=1S/C20H21F2N3O4/c1-11-9-16(12(2)29-11)19(27)24-23-18(26)13-5-7-25(8-6-13)20(28)15-4-3-14(21)10-17(15)22/h3-4,9-10,13H,5-8H2,1-2H3,(H,23,26)(H,24,27). The summed E-state index contributed by atoms with van der Waals surface area (Å²) in [6, 6.07) is 4.39. The average Bonchev–Trinajstić information content (AvgIpc) is 3.03. The maximum Gasteiger partial charge on any atom is 0.273 e. The maximum atomic E-state index is 13.8. The average molecular weight is 405 g/mol. The second-order valence-electron chi connectivity index (χ2n) is 6.96. The molecule has 0 radical (unpaired) electrons. The van der Waals surface area contributed by atoms with E-state index in [1.807, 2.05) is 0 Å². The number of piperidine rings is 1. The highest BCUT2D eigenvalue weighted by atomic mass is 19.1. The minimum Gasteiger partial charge on any atom is -0.466 e. The predicted octanol–water partition coefficient (Wildman–Crippen LogP) is 2.49. The minimum atomic E-state index is -0.914. The smallest absolute Gasteiger partial charge is 0.273 e. The molecule has 9 heteroatoms. The zero-order valence-electron chi connectivity index (χ0n) is 16.1. The number of benzene rings is 1. The van der Waals surface area contributed by atoms with Crippen molar-refractivity contribution < 1.29 is 27.6 Å². The number of hydrogen-bond donors (Lipinski definition) is 2. The third kappa shape index (κ3) is 4.61. The number of rotatable bonds is 3. The first-order valence-electron chi connectivity index (χ1n) is 9.18. The summed E-state index contributed by atoms with van der Waals surface area (Å²) in [4.78, 5) is 38.3. The predicted molar refractivity (Wildman–Crippen MR) is 98.8 cm³/mol. The Labute approximate surface area is 166 Å². The fraction of sp³-hybridized carbons (Fsp3) is 0.350.